The number of amides is 1. The summed E-state index contributed by atoms with van der Waals surface area (Å²) >= 11 is 0. The number of nitrogens with zero attached hydrogens (tertiary/aromatic N) is 2. The molecule has 23 heavy (non-hydrogen) atoms. The Morgan fingerprint density at radius 2 is 2.00 bits per heavy atom. The SMILES string of the molecule is COc1cccc(CNC(=O)c2ccc(-n3cccn3)cc2)c1. The second-order valence-corrected chi connectivity index (χ2v) is 5.03. The average molecular weight is 307 g/mol. The fourth-order valence-electron chi connectivity index (χ4n) is 2.25. The van der Waals surface area contributed by atoms with Crippen molar-refractivity contribution < 1.29 is 9.53 Å². The van der Waals surface area contributed by atoms with E-state index in [2.05, 4.69) is 10.4 Å². The zero-order chi connectivity index (χ0) is 16.1. The van der Waals surface area contributed by atoms with Crippen molar-refractivity contribution in [1.82, 2.24) is 15.1 Å². The first kappa shape index (κ1) is 14.8. The molecule has 5 heteroatoms. The molecule has 3 rings (SSSR count). The normalized spacial score (nSPS) is 10.3. The minimum absolute atomic E-state index is 0.111. The lowest BCUT2D eigenvalue weighted by Crippen LogP contribution is -2.22. The Morgan fingerprint density at radius 3 is 2.70 bits per heavy atom. The zero-order valence-electron chi connectivity index (χ0n) is 12.8. The van der Waals surface area contributed by atoms with Gasteiger partial charge in [-0.25, -0.2) is 4.68 Å². The zero-order valence-corrected chi connectivity index (χ0v) is 12.8. The van der Waals surface area contributed by atoms with Gasteiger partial charge in [0, 0.05) is 24.5 Å². The Balaban J connectivity index is 1.64. The molecule has 5 nitrogen and oxygen atoms in total. The van der Waals surface area contributed by atoms with Gasteiger partial charge in [0.2, 0.25) is 0 Å². The monoisotopic (exact) mass is 307 g/mol. The summed E-state index contributed by atoms with van der Waals surface area (Å²) in [6.45, 7) is 0.455. The summed E-state index contributed by atoms with van der Waals surface area (Å²) in [4.78, 5) is 12.2. The third kappa shape index (κ3) is 3.58. The molecule has 0 aliphatic heterocycles. The summed E-state index contributed by atoms with van der Waals surface area (Å²) in [7, 11) is 1.62. The molecule has 0 spiro atoms. The van der Waals surface area contributed by atoms with Crippen LogP contribution in [0.2, 0.25) is 0 Å². The fraction of sp³-hybridized carbons (Fsp3) is 0.111. The molecule has 0 fully saturated rings. The molecule has 0 unspecified atom stereocenters. The molecule has 3 aromatic rings. The molecule has 0 aliphatic carbocycles. The number of hydrogen-bond donors (Lipinski definition) is 1. The summed E-state index contributed by atoms with van der Waals surface area (Å²) in [5.41, 5.74) is 2.52. The van der Waals surface area contributed by atoms with Crippen LogP contribution >= 0.6 is 0 Å². The molecule has 2 aromatic carbocycles. The van der Waals surface area contributed by atoms with Gasteiger partial charge in [0.1, 0.15) is 5.75 Å². The van der Waals surface area contributed by atoms with Crippen LogP contribution in [0.1, 0.15) is 15.9 Å². The second-order valence-electron chi connectivity index (χ2n) is 5.03. The third-order valence-corrected chi connectivity index (χ3v) is 3.49. The minimum Gasteiger partial charge on any atom is -0.497 e. The van der Waals surface area contributed by atoms with E-state index in [1.54, 1.807) is 30.1 Å². The van der Waals surface area contributed by atoms with Gasteiger partial charge in [0.25, 0.3) is 5.91 Å². The van der Waals surface area contributed by atoms with Crippen LogP contribution in [0.3, 0.4) is 0 Å². The van der Waals surface area contributed by atoms with Gasteiger partial charge in [-0.2, -0.15) is 5.10 Å². The van der Waals surface area contributed by atoms with E-state index in [9.17, 15) is 4.79 Å². The average Bonchev–Trinajstić information content (AvgIpc) is 3.14. The molecule has 1 heterocycles. The molecule has 0 atom stereocenters. The number of nitrogens with one attached hydrogen (secondary N) is 1. The number of benzene rings is 2. The highest BCUT2D eigenvalue weighted by Gasteiger charge is 2.06. The van der Waals surface area contributed by atoms with Gasteiger partial charge < -0.3 is 10.1 Å². The van der Waals surface area contributed by atoms with E-state index in [4.69, 9.17) is 4.74 Å². The van der Waals surface area contributed by atoms with Gasteiger partial charge in [0.15, 0.2) is 0 Å². The van der Waals surface area contributed by atoms with Crippen molar-refractivity contribution in [3.05, 3.63) is 78.1 Å². The van der Waals surface area contributed by atoms with Gasteiger partial charge >= 0.3 is 0 Å². The predicted octanol–water partition coefficient (Wildman–Crippen LogP) is 2.81. The van der Waals surface area contributed by atoms with Crippen LogP contribution in [0.5, 0.6) is 5.75 Å². The Kier molecular flexibility index (Phi) is 4.38. The molecular weight excluding hydrogens is 290 g/mol. The van der Waals surface area contributed by atoms with Crippen molar-refractivity contribution >= 4 is 5.91 Å². The standard InChI is InChI=1S/C18H17N3O2/c1-23-17-5-2-4-14(12-17)13-19-18(22)15-6-8-16(9-7-15)21-11-3-10-20-21/h2-12H,13H2,1H3,(H,19,22). The van der Waals surface area contributed by atoms with Crippen LogP contribution < -0.4 is 10.1 Å². The number of ether oxygens (including phenoxy) is 1. The molecule has 0 radical (unpaired) electrons. The number of methoxy groups -OCH3 is 1. The van der Waals surface area contributed by atoms with E-state index in [1.165, 1.54) is 0 Å². The van der Waals surface area contributed by atoms with Crippen molar-refractivity contribution in [2.75, 3.05) is 7.11 Å². The Labute approximate surface area is 134 Å². The molecule has 1 aromatic heterocycles. The van der Waals surface area contributed by atoms with E-state index in [1.807, 2.05) is 48.7 Å². The molecule has 116 valence electrons. The molecular formula is C18H17N3O2. The van der Waals surface area contributed by atoms with Crippen molar-refractivity contribution in [2.45, 2.75) is 6.54 Å². The molecule has 0 bridgehead atoms. The van der Waals surface area contributed by atoms with E-state index in [0.29, 0.717) is 12.1 Å². The lowest BCUT2D eigenvalue weighted by Gasteiger charge is -2.08. The van der Waals surface area contributed by atoms with E-state index >= 15 is 0 Å². The number of rotatable bonds is 5. The summed E-state index contributed by atoms with van der Waals surface area (Å²) in [5.74, 6) is 0.667. The first-order valence-corrected chi connectivity index (χ1v) is 7.27. The lowest BCUT2D eigenvalue weighted by molar-refractivity contribution is 0.0951. The molecule has 0 aliphatic rings. The maximum atomic E-state index is 12.2. The fourth-order valence-corrected chi connectivity index (χ4v) is 2.25. The number of aromatic nitrogens is 2. The predicted molar refractivity (Wildman–Crippen MR) is 87.7 cm³/mol. The number of carbonyl (C=O) groups is 1. The highest BCUT2D eigenvalue weighted by Crippen LogP contribution is 2.13. The van der Waals surface area contributed by atoms with Crippen molar-refractivity contribution in [3.63, 3.8) is 0 Å². The van der Waals surface area contributed by atoms with Crippen molar-refractivity contribution in [2.24, 2.45) is 0 Å². The molecule has 1 amide bonds. The summed E-state index contributed by atoms with van der Waals surface area (Å²) in [5, 5.41) is 7.06. The maximum absolute atomic E-state index is 12.2. The van der Waals surface area contributed by atoms with Crippen molar-refractivity contribution in [3.8, 4) is 11.4 Å². The molecule has 0 saturated heterocycles. The van der Waals surface area contributed by atoms with Gasteiger partial charge in [-0.3, -0.25) is 4.79 Å². The first-order chi connectivity index (χ1) is 11.3. The number of carbonyl (C=O) groups excluding carboxylic acids is 1. The van der Waals surface area contributed by atoms with E-state index in [0.717, 1.165) is 17.0 Å². The second kappa shape index (κ2) is 6.79. The Bertz CT molecular complexity index is 780. The van der Waals surface area contributed by atoms with Crippen LogP contribution in [0.4, 0.5) is 0 Å². The van der Waals surface area contributed by atoms with E-state index < -0.39 is 0 Å². The topological polar surface area (TPSA) is 56.1 Å². The van der Waals surface area contributed by atoms with Crippen LogP contribution in [0.15, 0.2) is 67.0 Å². The quantitative estimate of drug-likeness (QED) is 0.788. The highest BCUT2D eigenvalue weighted by molar-refractivity contribution is 5.94. The van der Waals surface area contributed by atoms with Gasteiger partial charge in [-0.05, 0) is 48.0 Å². The number of hydrogen-bond acceptors (Lipinski definition) is 3. The van der Waals surface area contributed by atoms with Crippen LogP contribution in [0.25, 0.3) is 5.69 Å². The summed E-state index contributed by atoms with van der Waals surface area (Å²) in [6, 6.07) is 16.8. The Hall–Kier alpha value is -3.08. The summed E-state index contributed by atoms with van der Waals surface area (Å²) < 4.78 is 6.92. The van der Waals surface area contributed by atoms with Gasteiger partial charge in [-0.1, -0.05) is 12.1 Å². The van der Waals surface area contributed by atoms with Crippen LogP contribution in [-0.2, 0) is 6.54 Å². The van der Waals surface area contributed by atoms with Crippen molar-refractivity contribution in [1.29, 1.82) is 0 Å². The molecule has 1 N–H and O–H groups in total. The minimum atomic E-state index is -0.111. The largest absolute Gasteiger partial charge is 0.497 e. The van der Waals surface area contributed by atoms with Crippen LogP contribution in [-0.4, -0.2) is 22.8 Å². The molecule has 0 saturated carbocycles. The maximum Gasteiger partial charge on any atom is 0.251 e. The highest BCUT2D eigenvalue weighted by atomic mass is 16.5. The third-order valence-electron chi connectivity index (χ3n) is 3.49. The summed E-state index contributed by atoms with van der Waals surface area (Å²) in [6.07, 6.45) is 3.58. The first-order valence-electron chi connectivity index (χ1n) is 7.27. The van der Waals surface area contributed by atoms with E-state index in [-0.39, 0.29) is 5.91 Å². The smallest absolute Gasteiger partial charge is 0.251 e. The van der Waals surface area contributed by atoms with Crippen LogP contribution in [0, 0.1) is 0 Å². The van der Waals surface area contributed by atoms with Gasteiger partial charge in [-0.15, -0.1) is 0 Å². The lowest BCUT2D eigenvalue weighted by atomic mass is 10.1. The Morgan fingerprint density at radius 1 is 1.17 bits per heavy atom. The van der Waals surface area contributed by atoms with Gasteiger partial charge in [0.05, 0.1) is 12.8 Å².